The number of rotatable bonds is 5. The van der Waals surface area contributed by atoms with Crippen LogP contribution in [-0.4, -0.2) is 9.55 Å². The fourth-order valence-corrected chi connectivity index (χ4v) is 3.41. The van der Waals surface area contributed by atoms with E-state index in [0.29, 0.717) is 22.8 Å². The molecule has 1 heterocycles. The van der Waals surface area contributed by atoms with E-state index in [1.54, 1.807) is 0 Å². The molecule has 0 aliphatic heterocycles. The molecule has 0 aliphatic carbocycles. The summed E-state index contributed by atoms with van der Waals surface area (Å²) in [4.78, 5) is 4.68. The molecule has 0 radical (unpaired) electrons. The first-order valence-electron chi connectivity index (χ1n) is 7.61. The molecule has 0 N–H and O–H groups in total. The molecule has 1 aromatic carbocycles. The van der Waals surface area contributed by atoms with Gasteiger partial charge in [0, 0.05) is 6.54 Å². The maximum atomic E-state index is 6.35. The number of halogens is 2. The second-order valence-electron chi connectivity index (χ2n) is 6.46. The Kier molecular flexibility index (Phi) is 5.21. The van der Waals surface area contributed by atoms with Crippen molar-refractivity contribution in [3.63, 3.8) is 0 Å². The fourth-order valence-electron chi connectivity index (χ4n) is 3.03. The number of para-hydroxylation sites is 1. The molecule has 1 atom stereocenters. The van der Waals surface area contributed by atoms with E-state index in [2.05, 4.69) is 43.3 Å². The molecule has 0 saturated heterocycles. The van der Waals surface area contributed by atoms with E-state index in [4.69, 9.17) is 23.2 Å². The maximum absolute atomic E-state index is 6.35. The highest BCUT2D eigenvalue weighted by molar-refractivity contribution is 6.35. The largest absolute Gasteiger partial charge is 0.326 e. The lowest BCUT2D eigenvalue weighted by Gasteiger charge is -2.26. The van der Waals surface area contributed by atoms with E-state index < -0.39 is 0 Å². The Balaban J connectivity index is 2.55. The predicted molar refractivity (Wildman–Crippen MR) is 92.2 cm³/mol. The Morgan fingerprint density at radius 2 is 1.71 bits per heavy atom. The first-order chi connectivity index (χ1) is 9.82. The van der Waals surface area contributed by atoms with Crippen molar-refractivity contribution in [2.24, 2.45) is 17.8 Å². The maximum Gasteiger partial charge on any atom is 0.127 e. The van der Waals surface area contributed by atoms with Crippen molar-refractivity contribution in [3.8, 4) is 0 Å². The molecule has 0 amide bonds. The van der Waals surface area contributed by atoms with Crippen LogP contribution in [-0.2, 0) is 6.54 Å². The third kappa shape index (κ3) is 3.37. The normalized spacial score (nSPS) is 13.8. The zero-order valence-corrected chi connectivity index (χ0v) is 14.9. The summed E-state index contributed by atoms with van der Waals surface area (Å²) in [5.74, 6) is 2.71. The average Bonchev–Trinajstić information content (AvgIpc) is 2.75. The van der Waals surface area contributed by atoms with Gasteiger partial charge in [-0.2, -0.15) is 0 Å². The number of benzene rings is 1. The van der Waals surface area contributed by atoms with Gasteiger partial charge in [0.2, 0.25) is 0 Å². The van der Waals surface area contributed by atoms with Crippen molar-refractivity contribution in [1.82, 2.24) is 9.55 Å². The molecule has 4 heteroatoms. The minimum atomic E-state index is -0.131. The van der Waals surface area contributed by atoms with Gasteiger partial charge in [-0.15, -0.1) is 11.6 Å². The van der Waals surface area contributed by atoms with Crippen LogP contribution in [0.2, 0.25) is 5.02 Å². The van der Waals surface area contributed by atoms with E-state index in [1.165, 1.54) is 0 Å². The van der Waals surface area contributed by atoms with Crippen molar-refractivity contribution in [1.29, 1.82) is 0 Å². The lowest BCUT2D eigenvalue weighted by molar-refractivity contribution is 0.252. The van der Waals surface area contributed by atoms with Gasteiger partial charge in [0.25, 0.3) is 0 Å². The smallest absolute Gasteiger partial charge is 0.127 e. The van der Waals surface area contributed by atoms with E-state index >= 15 is 0 Å². The molecule has 1 aromatic heterocycles. The van der Waals surface area contributed by atoms with Crippen LogP contribution in [0.25, 0.3) is 11.0 Å². The molecule has 21 heavy (non-hydrogen) atoms. The van der Waals surface area contributed by atoms with Crippen LogP contribution >= 0.6 is 23.2 Å². The molecule has 2 nitrogen and oxygen atoms in total. The second-order valence-corrected chi connectivity index (χ2v) is 7.52. The lowest BCUT2D eigenvalue weighted by atomic mass is 9.85. The molecule has 116 valence electrons. The number of imidazole rings is 1. The highest BCUT2D eigenvalue weighted by Gasteiger charge is 2.23. The predicted octanol–water partition coefficient (Wildman–Crippen LogP) is 5.92. The number of hydrogen-bond donors (Lipinski definition) is 0. The Morgan fingerprint density at radius 3 is 2.24 bits per heavy atom. The van der Waals surface area contributed by atoms with Gasteiger partial charge >= 0.3 is 0 Å². The Morgan fingerprint density at radius 1 is 1.10 bits per heavy atom. The molecule has 0 bridgehead atoms. The zero-order chi connectivity index (χ0) is 15.7. The topological polar surface area (TPSA) is 17.8 Å². The molecular formula is C17H24Cl2N2. The summed E-state index contributed by atoms with van der Waals surface area (Å²) in [6, 6.07) is 5.94. The third-order valence-corrected chi connectivity index (χ3v) is 4.72. The summed E-state index contributed by atoms with van der Waals surface area (Å²) in [5, 5.41) is 0.559. The molecule has 2 rings (SSSR count). The Bertz CT molecular complexity index is 607. The van der Waals surface area contributed by atoms with E-state index in [1.807, 2.05) is 19.1 Å². The van der Waals surface area contributed by atoms with Gasteiger partial charge < -0.3 is 4.57 Å². The molecule has 2 aromatic rings. The Hall–Kier alpha value is -0.730. The van der Waals surface area contributed by atoms with Crippen LogP contribution in [0.1, 0.15) is 45.8 Å². The molecule has 1 unspecified atom stereocenters. The fraction of sp³-hybridized carbons (Fsp3) is 0.588. The first-order valence-corrected chi connectivity index (χ1v) is 8.43. The van der Waals surface area contributed by atoms with Crippen molar-refractivity contribution in [2.45, 2.75) is 46.5 Å². The van der Waals surface area contributed by atoms with Crippen LogP contribution < -0.4 is 0 Å². The summed E-state index contributed by atoms with van der Waals surface area (Å²) in [7, 11) is 0. The van der Waals surface area contributed by atoms with E-state index in [-0.39, 0.29) is 5.38 Å². The van der Waals surface area contributed by atoms with Crippen LogP contribution in [0.3, 0.4) is 0 Å². The number of fused-ring (bicyclic) bond motifs is 1. The van der Waals surface area contributed by atoms with Crippen molar-refractivity contribution >= 4 is 34.2 Å². The van der Waals surface area contributed by atoms with Crippen LogP contribution in [0, 0.1) is 17.8 Å². The second kappa shape index (κ2) is 6.58. The third-order valence-electron chi connectivity index (χ3n) is 4.22. The minimum absolute atomic E-state index is 0.131. The molecular weight excluding hydrogens is 303 g/mol. The van der Waals surface area contributed by atoms with Crippen LogP contribution in [0.4, 0.5) is 0 Å². The first kappa shape index (κ1) is 16.6. The number of aromatic nitrogens is 2. The number of alkyl halides is 1. The van der Waals surface area contributed by atoms with Crippen LogP contribution in [0.5, 0.6) is 0 Å². The quantitative estimate of drug-likeness (QED) is 0.624. The molecule has 0 spiro atoms. The van der Waals surface area contributed by atoms with Gasteiger partial charge in [-0.25, -0.2) is 4.98 Å². The highest BCUT2D eigenvalue weighted by atomic mass is 35.5. The summed E-state index contributed by atoms with van der Waals surface area (Å²) in [5.41, 5.74) is 1.93. The molecule has 0 aliphatic rings. The SMILES string of the molecule is CC(Cl)c1nc2c(Cl)cccc2n1CC(C(C)C)C(C)C. The molecule has 0 fully saturated rings. The van der Waals surface area contributed by atoms with Gasteiger partial charge in [0.05, 0.1) is 15.9 Å². The lowest BCUT2D eigenvalue weighted by Crippen LogP contribution is -2.23. The van der Waals surface area contributed by atoms with Gasteiger partial charge in [0.15, 0.2) is 0 Å². The van der Waals surface area contributed by atoms with Crippen molar-refractivity contribution in [3.05, 3.63) is 29.0 Å². The number of nitrogens with zero attached hydrogens (tertiary/aromatic N) is 2. The van der Waals surface area contributed by atoms with Gasteiger partial charge in [-0.05, 0) is 36.8 Å². The van der Waals surface area contributed by atoms with Crippen LogP contribution in [0.15, 0.2) is 18.2 Å². The standard InChI is InChI=1S/C17H24Cl2N2/c1-10(2)13(11(3)4)9-21-15-8-6-7-14(19)16(15)20-17(21)12(5)18/h6-8,10-13H,9H2,1-5H3. The summed E-state index contributed by atoms with van der Waals surface area (Å²) >= 11 is 12.6. The van der Waals surface area contributed by atoms with E-state index in [9.17, 15) is 0 Å². The summed E-state index contributed by atoms with van der Waals surface area (Å²) in [6.07, 6.45) is 0. The highest BCUT2D eigenvalue weighted by Crippen LogP contribution is 2.32. The molecule has 0 saturated carbocycles. The Labute approximate surface area is 137 Å². The summed E-state index contributed by atoms with van der Waals surface area (Å²) < 4.78 is 2.25. The zero-order valence-electron chi connectivity index (χ0n) is 13.4. The van der Waals surface area contributed by atoms with Gasteiger partial charge in [0.1, 0.15) is 11.3 Å². The van der Waals surface area contributed by atoms with E-state index in [0.717, 1.165) is 23.4 Å². The van der Waals surface area contributed by atoms with Gasteiger partial charge in [-0.3, -0.25) is 0 Å². The summed E-state index contributed by atoms with van der Waals surface area (Å²) in [6.45, 7) is 12.0. The minimum Gasteiger partial charge on any atom is -0.326 e. The van der Waals surface area contributed by atoms with Crippen molar-refractivity contribution < 1.29 is 0 Å². The average molecular weight is 327 g/mol. The number of hydrogen-bond acceptors (Lipinski definition) is 1. The van der Waals surface area contributed by atoms with Gasteiger partial charge in [-0.1, -0.05) is 45.4 Å². The van der Waals surface area contributed by atoms with Crippen molar-refractivity contribution in [2.75, 3.05) is 0 Å². The monoisotopic (exact) mass is 326 g/mol.